The highest BCUT2D eigenvalue weighted by atomic mass is 31.2. The minimum Gasteiger partial charge on any atom is -0.307 e. The topological polar surface area (TPSA) is 29.4 Å². The van der Waals surface area contributed by atoms with Crippen LogP contribution in [0, 0.1) is 0 Å². The molecule has 22 heavy (non-hydrogen) atoms. The van der Waals surface area contributed by atoms with E-state index < -0.39 is 7.14 Å². The molecule has 0 N–H and O–H groups in total. The average Bonchev–Trinajstić information content (AvgIpc) is 2.86. The van der Waals surface area contributed by atoms with Crippen LogP contribution in [0.15, 0.2) is 47.0 Å². The molecule has 1 aromatic carbocycles. The largest absolute Gasteiger partial charge is 0.307 e. The molecule has 120 valence electrons. The van der Waals surface area contributed by atoms with E-state index in [2.05, 4.69) is 39.7 Å². The maximum atomic E-state index is 14.3. The third-order valence-electron chi connectivity index (χ3n) is 4.40. The Kier molecular flexibility index (Phi) is 4.79. The van der Waals surface area contributed by atoms with Gasteiger partial charge in [-0.05, 0) is 6.42 Å². The zero-order valence-corrected chi connectivity index (χ0v) is 15.3. The average molecular weight is 319 g/mol. The van der Waals surface area contributed by atoms with Gasteiger partial charge in [0.25, 0.3) is 0 Å². The number of unbranched alkanes of at least 4 members (excludes halogenated alkanes) is 1. The second kappa shape index (κ2) is 6.14. The molecule has 4 heteroatoms. The monoisotopic (exact) mass is 319 g/mol. The van der Waals surface area contributed by atoms with Gasteiger partial charge in [-0.3, -0.25) is 0 Å². The molecule has 2 atom stereocenters. The van der Waals surface area contributed by atoms with Gasteiger partial charge in [-0.15, -0.1) is 0 Å². The summed E-state index contributed by atoms with van der Waals surface area (Å²) in [6.07, 6.45) is 6.00. The molecule has 0 radical (unpaired) electrons. The molecular formula is C18H28N2OP+. The summed E-state index contributed by atoms with van der Waals surface area (Å²) in [6.45, 7) is 9.35. The van der Waals surface area contributed by atoms with Gasteiger partial charge in [0.1, 0.15) is 0 Å². The standard InChI is InChI=1S/C18H28N2OP/c1-6-7-13-20(5)15-19-14-17(20)22(21,18(2,3)4)16-11-9-8-10-12-16/h8-12,14-15H,6-7,13H2,1-5H3/q+1. The fourth-order valence-electron chi connectivity index (χ4n) is 3.00. The van der Waals surface area contributed by atoms with Crippen molar-refractivity contribution >= 4 is 18.8 Å². The van der Waals surface area contributed by atoms with Crippen LogP contribution in [0.25, 0.3) is 0 Å². The van der Waals surface area contributed by atoms with Crippen LogP contribution in [0.1, 0.15) is 40.5 Å². The molecule has 1 aliphatic rings. The van der Waals surface area contributed by atoms with Crippen molar-refractivity contribution in [1.82, 2.24) is 0 Å². The van der Waals surface area contributed by atoms with Crippen molar-refractivity contribution in [2.75, 3.05) is 13.6 Å². The van der Waals surface area contributed by atoms with Gasteiger partial charge in [0.2, 0.25) is 7.14 Å². The summed E-state index contributed by atoms with van der Waals surface area (Å²) in [5.41, 5.74) is 0.958. The number of quaternary nitrogens is 1. The van der Waals surface area contributed by atoms with Gasteiger partial charge in [-0.1, -0.05) is 64.4 Å². The van der Waals surface area contributed by atoms with Crippen molar-refractivity contribution in [3.63, 3.8) is 0 Å². The highest BCUT2D eigenvalue weighted by Crippen LogP contribution is 2.65. The third kappa shape index (κ3) is 2.85. The molecule has 0 aromatic heterocycles. The number of aliphatic imine (C=N–C) groups is 1. The highest BCUT2D eigenvalue weighted by molar-refractivity contribution is 7.76. The highest BCUT2D eigenvalue weighted by Gasteiger charge is 2.51. The maximum absolute atomic E-state index is 14.3. The molecule has 2 unspecified atom stereocenters. The van der Waals surface area contributed by atoms with E-state index in [9.17, 15) is 4.57 Å². The number of benzene rings is 1. The summed E-state index contributed by atoms with van der Waals surface area (Å²) in [7, 11) is -0.632. The molecule has 0 bridgehead atoms. The Balaban J connectivity index is 2.55. The van der Waals surface area contributed by atoms with Crippen LogP contribution >= 0.6 is 7.14 Å². The Morgan fingerprint density at radius 1 is 1.18 bits per heavy atom. The second-order valence-electron chi connectivity index (χ2n) is 7.21. The molecule has 2 rings (SSSR count). The third-order valence-corrected chi connectivity index (χ3v) is 8.53. The van der Waals surface area contributed by atoms with Crippen molar-refractivity contribution in [2.24, 2.45) is 4.99 Å². The minimum atomic E-state index is -2.76. The molecule has 0 spiro atoms. The minimum absolute atomic E-state index is 0.334. The Bertz CT molecular complexity index is 628. The normalized spacial score (nSPS) is 24.1. The van der Waals surface area contributed by atoms with E-state index in [0.29, 0.717) is 4.48 Å². The van der Waals surface area contributed by atoms with E-state index >= 15 is 0 Å². The van der Waals surface area contributed by atoms with E-state index in [1.54, 1.807) is 0 Å². The summed E-state index contributed by atoms with van der Waals surface area (Å²) < 4.78 is 14.8. The van der Waals surface area contributed by atoms with Crippen LogP contribution < -0.4 is 5.30 Å². The van der Waals surface area contributed by atoms with Crippen molar-refractivity contribution in [1.29, 1.82) is 0 Å². The first-order valence-electron chi connectivity index (χ1n) is 8.02. The fraction of sp³-hybridized carbons (Fsp3) is 0.500. The van der Waals surface area contributed by atoms with Gasteiger partial charge in [0, 0.05) is 10.5 Å². The lowest BCUT2D eigenvalue weighted by Crippen LogP contribution is -2.43. The first-order chi connectivity index (χ1) is 10.3. The van der Waals surface area contributed by atoms with Crippen LogP contribution in [-0.4, -0.2) is 29.6 Å². The number of hydrogen-bond donors (Lipinski definition) is 0. The SMILES string of the molecule is CCCC[N+]1(C)C=NC=C1P(=O)(c1ccccc1)C(C)(C)C. The molecule has 1 aromatic rings. The Hall–Kier alpha value is -1.18. The van der Waals surface area contributed by atoms with Crippen molar-refractivity contribution in [3.8, 4) is 0 Å². The van der Waals surface area contributed by atoms with Gasteiger partial charge in [-0.25, -0.2) is 9.48 Å². The van der Waals surface area contributed by atoms with Gasteiger partial charge in [-0.2, -0.15) is 0 Å². The van der Waals surface area contributed by atoms with Crippen LogP contribution in [0.5, 0.6) is 0 Å². The number of rotatable bonds is 5. The first kappa shape index (κ1) is 17.2. The van der Waals surface area contributed by atoms with E-state index in [1.165, 1.54) is 0 Å². The Morgan fingerprint density at radius 3 is 2.36 bits per heavy atom. The first-order valence-corrected chi connectivity index (χ1v) is 9.73. The van der Waals surface area contributed by atoms with Gasteiger partial charge < -0.3 is 4.57 Å². The van der Waals surface area contributed by atoms with Gasteiger partial charge in [0.05, 0.1) is 19.8 Å². The molecular weight excluding hydrogens is 291 g/mol. The molecule has 0 saturated heterocycles. The summed E-state index contributed by atoms with van der Waals surface area (Å²) in [4.78, 5) is 4.39. The zero-order chi connectivity index (χ0) is 16.4. The smallest absolute Gasteiger partial charge is 0.202 e. The van der Waals surface area contributed by atoms with Gasteiger partial charge >= 0.3 is 0 Å². The zero-order valence-electron chi connectivity index (χ0n) is 14.4. The number of nitrogens with zero attached hydrogens (tertiary/aromatic N) is 2. The molecule has 1 aliphatic heterocycles. The van der Waals surface area contributed by atoms with E-state index in [4.69, 9.17) is 0 Å². The van der Waals surface area contributed by atoms with E-state index in [1.807, 2.05) is 42.9 Å². The summed E-state index contributed by atoms with van der Waals surface area (Å²) >= 11 is 0. The van der Waals surface area contributed by atoms with E-state index in [-0.39, 0.29) is 5.16 Å². The number of hydrogen-bond acceptors (Lipinski definition) is 2. The molecule has 3 nitrogen and oxygen atoms in total. The quantitative estimate of drug-likeness (QED) is 0.578. The summed E-state index contributed by atoms with van der Waals surface area (Å²) in [5, 5.41) is 0.597. The van der Waals surface area contributed by atoms with Crippen LogP contribution in [-0.2, 0) is 4.57 Å². The summed E-state index contributed by atoms with van der Waals surface area (Å²) in [6, 6.07) is 9.91. The molecule has 0 fully saturated rings. The summed E-state index contributed by atoms with van der Waals surface area (Å²) in [5.74, 6) is 0. The predicted octanol–water partition coefficient (Wildman–Crippen LogP) is 4.56. The van der Waals surface area contributed by atoms with Gasteiger partial charge in [0.15, 0.2) is 11.8 Å². The van der Waals surface area contributed by atoms with E-state index in [0.717, 1.165) is 30.1 Å². The predicted molar refractivity (Wildman–Crippen MR) is 96.0 cm³/mol. The Morgan fingerprint density at radius 2 is 1.82 bits per heavy atom. The molecule has 0 saturated carbocycles. The van der Waals surface area contributed by atoms with Crippen molar-refractivity contribution < 1.29 is 9.05 Å². The van der Waals surface area contributed by atoms with Crippen LogP contribution in [0.3, 0.4) is 0 Å². The van der Waals surface area contributed by atoms with Crippen molar-refractivity contribution in [3.05, 3.63) is 42.0 Å². The molecule has 0 aliphatic carbocycles. The molecule has 1 heterocycles. The van der Waals surface area contributed by atoms with Crippen molar-refractivity contribution in [2.45, 2.75) is 45.7 Å². The Labute approximate surface area is 134 Å². The molecule has 0 amide bonds. The maximum Gasteiger partial charge on any atom is 0.202 e. The second-order valence-corrected chi connectivity index (χ2v) is 10.7. The van der Waals surface area contributed by atoms with Crippen LogP contribution in [0.2, 0.25) is 0 Å². The fourth-order valence-corrected chi connectivity index (χ4v) is 6.34. The lowest BCUT2D eigenvalue weighted by atomic mass is 10.3. The lowest BCUT2D eigenvalue weighted by molar-refractivity contribution is -0.763. The van der Waals surface area contributed by atoms with Crippen LogP contribution in [0.4, 0.5) is 0 Å². The lowest BCUT2D eigenvalue weighted by Gasteiger charge is -2.38.